The van der Waals surface area contributed by atoms with Crippen LogP contribution >= 0.6 is 0 Å². The molecule has 9 heteroatoms. The molecule has 0 aliphatic carbocycles. The van der Waals surface area contributed by atoms with Crippen LogP contribution in [0.25, 0.3) is 0 Å². The number of alkyl halides is 3. The van der Waals surface area contributed by atoms with Gasteiger partial charge in [0.25, 0.3) is 5.91 Å². The number of carbonyl (C=O) groups is 2. The fourth-order valence-electron chi connectivity index (χ4n) is 5.58. The molecule has 2 heterocycles. The van der Waals surface area contributed by atoms with E-state index in [1.165, 1.54) is 6.07 Å². The third-order valence-corrected chi connectivity index (χ3v) is 7.51. The molecule has 3 aromatic carbocycles. The van der Waals surface area contributed by atoms with E-state index in [-0.39, 0.29) is 11.8 Å². The molecule has 3 aromatic rings. The van der Waals surface area contributed by atoms with Crippen LogP contribution in [-0.4, -0.2) is 68.1 Å². The minimum absolute atomic E-state index is 0.102. The number of ether oxygens (including phenoxy) is 1. The molecule has 2 aliphatic rings. The molecular weight excluding hydrogens is 507 g/mol. The standard InChI is InChI=1S/C30H30F3N3O3/c1-39-19-18-36-27(21-8-3-2-4-9-21)26(24-12-5-6-13-25(24)28(36)37)29(38)35-16-14-34(15-17-35)23-11-7-10-22(20-23)30(31,32)33/h2-13,20,26-27H,14-19H2,1H3/t26-,27-/m1/s1. The molecule has 0 saturated carbocycles. The zero-order valence-corrected chi connectivity index (χ0v) is 21.6. The van der Waals surface area contributed by atoms with Crippen LogP contribution in [0.3, 0.4) is 0 Å². The maximum atomic E-state index is 14.2. The molecule has 2 aliphatic heterocycles. The van der Waals surface area contributed by atoms with E-state index in [0.29, 0.717) is 56.1 Å². The van der Waals surface area contributed by atoms with Crippen LogP contribution in [0.1, 0.15) is 39.0 Å². The van der Waals surface area contributed by atoms with E-state index in [1.807, 2.05) is 47.4 Å². The van der Waals surface area contributed by atoms with Crippen LogP contribution in [0.4, 0.5) is 18.9 Å². The van der Waals surface area contributed by atoms with Gasteiger partial charge in [-0.2, -0.15) is 13.2 Å². The molecule has 2 amide bonds. The largest absolute Gasteiger partial charge is 0.416 e. The highest BCUT2D eigenvalue weighted by Crippen LogP contribution is 2.44. The highest BCUT2D eigenvalue weighted by atomic mass is 19.4. The lowest BCUT2D eigenvalue weighted by molar-refractivity contribution is -0.137. The molecule has 5 rings (SSSR count). The van der Waals surface area contributed by atoms with Gasteiger partial charge in [-0.1, -0.05) is 54.6 Å². The number of fused-ring (bicyclic) bond motifs is 1. The number of halogens is 3. The van der Waals surface area contributed by atoms with Gasteiger partial charge in [-0.05, 0) is 35.4 Å². The Hall–Kier alpha value is -3.85. The predicted molar refractivity (Wildman–Crippen MR) is 142 cm³/mol. The second kappa shape index (κ2) is 11.1. The molecule has 1 saturated heterocycles. The zero-order chi connectivity index (χ0) is 27.6. The minimum Gasteiger partial charge on any atom is -0.383 e. The van der Waals surface area contributed by atoms with Crippen molar-refractivity contribution in [3.8, 4) is 0 Å². The highest BCUT2D eigenvalue weighted by Gasteiger charge is 2.45. The first-order valence-electron chi connectivity index (χ1n) is 12.9. The number of hydrogen-bond acceptors (Lipinski definition) is 4. The molecule has 0 aromatic heterocycles. The maximum absolute atomic E-state index is 14.2. The highest BCUT2D eigenvalue weighted by molar-refractivity contribution is 6.01. The van der Waals surface area contributed by atoms with Crippen LogP contribution in [0.15, 0.2) is 78.9 Å². The Morgan fingerprint density at radius 3 is 2.31 bits per heavy atom. The van der Waals surface area contributed by atoms with Gasteiger partial charge in [0.1, 0.15) is 0 Å². The lowest BCUT2D eigenvalue weighted by Gasteiger charge is -2.44. The zero-order valence-electron chi connectivity index (χ0n) is 21.6. The van der Waals surface area contributed by atoms with Gasteiger partial charge in [-0.15, -0.1) is 0 Å². The molecule has 0 N–H and O–H groups in total. The number of methoxy groups -OCH3 is 1. The first-order valence-corrected chi connectivity index (χ1v) is 12.9. The Balaban J connectivity index is 1.44. The smallest absolute Gasteiger partial charge is 0.383 e. The van der Waals surface area contributed by atoms with Crippen LogP contribution in [0.5, 0.6) is 0 Å². The van der Waals surface area contributed by atoms with Crippen molar-refractivity contribution in [1.82, 2.24) is 9.80 Å². The van der Waals surface area contributed by atoms with Gasteiger partial charge in [0.05, 0.1) is 24.1 Å². The molecule has 0 unspecified atom stereocenters. The molecule has 6 nitrogen and oxygen atoms in total. The van der Waals surface area contributed by atoms with Crippen LogP contribution < -0.4 is 4.90 Å². The van der Waals surface area contributed by atoms with Crippen molar-refractivity contribution in [1.29, 1.82) is 0 Å². The second-order valence-corrected chi connectivity index (χ2v) is 9.77. The number of anilines is 1. The van der Waals surface area contributed by atoms with Crippen molar-refractivity contribution in [2.24, 2.45) is 0 Å². The number of benzene rings is 3. The van der Waals surface area contributed by atoms with Crippen LogP contribution in [0, 0.1) is 0 Å². The summed E-state index contributed by atoms with van der Waals surface area (Å²) in [7, 11) is 1.58. The van der Waals surface area contributed by atoms with Gasteiger partial charge >= 0.3 is 6.18 Å². The summed E-state index contributed by atoms with van der Waals surface area (Å²) < 4.78 is 45.0. The van der Waals surface area contributed by atoms with Crippen LogP contribution in [-0.2, 0) is 15.7 Å². The predicted octanol–water partition coefficient (Wildman–Crippen LogP) is 4.98. The fraction of sp³-hybridized carbons (Fsp3) is 0.333. The van der Waals surface area contributed by atoms with Crippen molar-refractivity contribution in [2.75, 3.05) is 51.3 Å². The minimum atomic E-state index is -4.42. The number of piperazine rings is 1. The third kappa shape index (κ3) is 5.36. The van der Waals surface area contributed by atoms with E-state index in [2.05, 4.69) is 0 Å². The summed E-state index contributed by atoms with van der Waals surface area (Å²) in [5.41, 5.74) is 1.84. The lowest BCUT2D eigenvalue weighted by atomic mass is 9.78. The Kier molecular flexibility index (Phi) is 7.61. The van der Waals surface area contributed by atoms with Gasteiger partial charge in [0.2, 0.25) is 5.91 Å². The molecule has 0 spiro atoms. The Bertz CT molecular complexity index is 1320. The third-order valence-electron chi connectivity index (χ3n) is 7.51. The van der Waals surface area contributed by atoms with Gasteiger partial charge in [0.15, 0.2) is 0 Å². The van der Waals surface area contributed by atoms with Gasteiger partial charge in [0, 0.05) is 51.1 Å². The number of carbonyl (C=O) groups excluding carboxylic acids is 2. The SMILES string of the molecule is COCCN1C(=O)c2ccccc2[C@@H](C(=O)N2CCN(c3cccc(C(F)(F)F)c3)CC2)[C@H]1c1ccccc1. The molecule has 204 valence electrons. The van der Waals surface area contributed by atoms with Gasteiger partial charge < -0.3 is 19.4 Å². The van der Waals surface area contributed by atoms with Crippen molar-refractivity contribution >= 4 is 17.5 Å². The van der Waals surface area contributed by atoms with Crippen molar-refractivity contribution in [3.63, 3.8) is 0 Å². The molecule has 0 bridgehead atoms. The number of hydrogen-bond donors (Lipinski definition) is 0. The number of rotatable bonds is 6. The average molecular weight is 538 g/mol. The molecule has 0 radical (unpaired) electrons. The van der Waals surface area contributed by atoms with E-state index in [9.17, 15) is 22.8 Å². The van der Waals surface area contributed by atoms with Crippen molar-refractivity contribution < 1.29 is 27.5 Å². The maximum Gasteiger partial charge on any atom is 0.416 e. The second-order valence-electron chi connectivity index (χ2n) is 9.77. The normalized spacial score (nSPS) is 19.7. The van der Waals surface area contributed by atoms with Crippen LogP contribution in [0.2, 0.25) is 0 Å². The number of nitrogens with zero attached hydrogens (tertiary/aromatic N) is 3. The summed E-state index contributed by atoms with van der Waals surface area (Å²) in [6.07, 6.45) is -4.42. The molecule has 39 heavy (non-hydrogen) atoms. The lowest BCUT2D eigenvalue weighted by Crippen LogP contribution is -2.53. The summed E-state index contributed by atoms with van der Waals surface area (Å²) in [5.74, 6) is -0.872. The first kappa shape index (κ1) is 26.7. The van der Waals surface area contributed by atoms with Gasteiger partial charge in [-0.3, -0.25) is 9.59 Å². The van der Waals surface area contributed by atoms with Crippen molar-refractivity contribution in [2.45, 2.75) is 18.1 Å². The Morgan fingerprint density at radius 1 is 0.923 bits per heavy atom. The van der Waals surface area contributed by atoms with E-state index in [4.69, 9.17) is 4.74 Å². The molecule has 1 fully saturated rings. The summed E-state index contributed by atoms with van der Waals surface area (Å²) in [5, 5.41) is 0. The summed E-state index contributed by atoms with van der Waals surface area (Å²) in [6, 6.07) is 21.5. The molecule has 2 atom stereocenters. The van der Waals surface area contributed by atoms with E-state index in [0.717, 1.165) is 17.7 Å². The summed E-state index contributed by atoms with van der Waals surface area (Å²) >= 11 is 0. The number of amides is 2. The monoisotopic (exact) mass is 537 g/mol. The summed E-state index contributed by atoms with van der Waals surface area (Å²) in [4.78, 5) is 33.2. The fourth-order valence-corrected chi connectivity index (χ4v) is 5.58. The topological polar surface area (TPSA) is 53.1 Å². The van der Waals surface area contributed by atoms with E-state index in [1.54, 1.807) is 35.1 Å². The summed E-state index contributed by atoms with van der Waals surface area (Å²) in [6.45, 7) is 2.19. The Labute approximate surface area is 225 Å². The van der Waals surface area contributed by atoms with E-state index < -0.39 is 23.7 Å². The quantitative estimate of drug-likeness (QED) is 0.445. The van der Waals surface area contributed by atoms with E-state index >= 15 is 0 Å². The average Bonchev–Trinajstić information content (AvgIpc) is 2.96. The Morgan fingerprint density at radius 2 is 1.62 bits per heavy atom. The van der Waals surface area contributed by atoms with Crippen molar-refractivity contribution in [3.05, 3.63) is 101 Å². The first-order chi connectivity index (χ1) is 18.8. The van der Waals surface area contributed by atoms with Gasteiger partial charge in [-0.25, -0.2) is 0 Å². The molecular formula is C30H30F3N3O3.